The molecule has 1 amide bonds. The second kappa shape index (κ2) is 6.78. The quantitative estimate of drug-likeness (QED) is 0.628. The second-order valence-corrected chi connectivity index (χ2v) is 6.80. The summed E-state index contributed by atoms with van der Waals surface area (Å²) in [6, 6.07) is 7.80. The van der Waals surface area contributed by atoms with E-state index in [9.17, 15) is 9.59 Å². The van der Waals surface area contributed by atoms with Gasteiger partial charge in [0.2, 0.25) is 5.91 Å². The third kappa shape index (κ3) is 3.14. The van der Waals surface area contributed by atoms with Gasteiger partial charge in [0, 0.05) is 42.4 Å². The molecule has 6 heteroatoms. The summed E-state index contributed by atoms with van der Waals surface area (Å²) in [5, 5.41) is 4.35. The number of esters is 1. The number of hydrogen-bond donors (Lipinski definition) is 0. The number of likely N-dealkylation sites (tertiary alicyclic amines) is 1. The van der Waals surface area contributed by atoms with Gasteiger partial charge in [-0.15, -0.1) is 0 Å². The van der Waals surface area contributed by atoms with E-state index in [1.807, 2.05) is 35.4 Å². The molecule has 1 aromatic heterocycles. The summed E-state index contributed by atoms with van der Waals surface area (Å²) in [5.74, 6) is -0.233. The van der Waals surface area contributed by atoms with Gasteiger partial charge in [-0.25, -0.2) is 4.79 Å². The van der Waals surface area contributed by atoms with Crippen molar-refractivity contribution in [3.05, 3.63) is 54.4 Å². The van der Waals surface area contributed by atoms with Crippen LogP contribution in [0.1, 0.15) is 30.9 Å². The molecule has 6 nitrogen and oxygen atoms in total. The van der Waals surface area contributed by atoms with Crippen molar-refractivity contribution in [2.24, 2.45) is 0 Å². The predicted octanol–water partition coefficient (Wildman–Crippen LogP) is 2.72. The van der Waals surface area contributed by atoms with Gasteiger partial charge in [-0.1, -0.05) is 30.8 Å². The fraction of sp³-hybridized carbons (Fsp3) is 0.350. The third-order valence-corrected chi connectivity index (χ3v) is 4.98. The first kappa shape index (κ1) is 16.6. The highest BCUT2D eigenvalue weighted by Crippen LogP contribution is 2.37. The maximum atomic E-state index is 12.3. The molecule has 0 aliphatic carbocycles. The van der Waals surface area contributed by atoms with Gasteiger partial charge in [-0.3, -0.25) is 9.48 Å². The lowest BCUT2D eigenvalue weighted by atomic mass is 9.96. The summed E-state index contributed by atoms with van der Waals surface area (Å²) in [6.45, 7) is 5.68. The maximum absolute atomic E-state index is 12.3. The first-order chi connectivity index (χ1) is 12.6. The minimum absolute atomic E-state index is 0.103. The van der Waals surface area contributed by atoms with Gasteiger partial charge < -0.3 is 9.64 Å². The summed E-state index contributed by atoms with van der Waals surface area (Å²) < 4.78 is 7.11. The van der Waals surface area contributed by atoms with Gasteiger partial charge >= 0.3 is 5.97 Å². The lowest BCUT2D eigenvalue weighted by molar-refractivity contribution is -0.139. The van der Waals surface area contributed by atoms with E-state index < -0.39 is 0 Å². The van der Waals surface area contributed by atoms with Crippen LogP contribution >= 0.6 is 0 Å². The number of nitrogens with zero attached hydrogens (tertiary/aromatic N) is 3. The van der Waals surface area contributed by atoms with Crippen molar-refractivity contribution in [2.45, 2.75) is 31.9 Å². The average molecular weight is 351 g/mol. The molecule has 2 saturated heterocycles. The Labute approximate surface area is 152 Å². The third-order valence-electron chi connectivity index (χ3n) is 4.98. The Morgan fingerprint density at radius 1 is 1.27 bits per heavy atom. The molecule has 1 unspecified atom stereocenters. The molecule has 0 bridgehead atoms. The zero-order valence-electron chi connectivity index (χ0n) is 14.6. The highest BCUT2D eigenvalue weighted by atomic mass is 16.5. The molecular weight excluding hydrogens is 330 g/mol. The lowest BCUT2D eigenvalue weighted by Crippen LogP contribution is -2.31. The normalized spacial score (nSPS) is 19.8. The summed E-state index contributed by atoms with van der Waals surface area (Å²) >= 11 is 0. The zero-order valence-corrected chi connectivity index (χ0v) is 14.6. The number of aromatic nitrogens is 2. The van der Waals surface area contributed by atoms with E-state index >= 15 is 0 Å². The van der Waals surface area contributed by atoms with E-state index in [1.165, 1.54) is 0 Å². The largest absolute Gasteiger partial charge is 0.454 e. The van der Waals surface area contributed by atoms with Crippen LogP contribution < -0.4 is 0 Å². The Kier molecular flexibility index (Phi) is 4.32. The molecule has 0 N–H and O–H groups in total. The molecule has 134 valence electrons. The van der Waals surface area contributed by atoms with Crippen LogP contribution in [0.2, 0.25) is 0 Å². The first-order valence-electron chi connectivity index (χ1n) is 8.90. The van der Waals surface area contributed by atoms with Crippen LogP contribution in [0.25, 0.3) is 11.1 Å². The lowest BCUT2D eigenvalue weighted by Gasteiger charge is -2.15. The Bertz CT molecular complexity index is 849. The minimum Gasteiger partial charge on any atom is -0.454 e. The Morgan fingerprint density at radius 3 is 2.77 bits per heavy atom. The number of cyclic esters (lactones) is 1. The number of hydrogen-bond acceptors (Lipinski definition) is 4. The van der Waals surface area contributed by atoms with Gasteiger partial charge in [0.25, 0.3) is 0 Å². The van der Waals surface area contributed by atoms with E-state index in [0.717, 1.165) is 42.6 Å². The van der Waals surface area contributed by atoms with E-state index in [4.69, 9.17) is 4.74 Å². The maximum Gasteiger partial charge on any atom is 0.334 e. The molecule has 4 rings (SSSR count). The van der Waals surface area contributed by atoms with Crippen LogP contribution in [-0.2, 0) is 20.9 Å². The molecule has 1 atom stereocenters. The van der Waals surface area contributed by atoms with Crippen LogP contribution in [0.5, 0.6) is 0 Å². The zero-order chi connectivity index (χ0) is 18.1. The number of ether oxygens (including phenoxy) is 1. The van der Waals surface area contributed by atoms with Crippen LogP contribution in [0, 0.1) is 0 Å². The second-order valence-electron chi connectivity index (χ2n) is 6.80. The molecule has 0 spiro atoms. The van der Waals surface area contributed by atoms with Crippen molar-refractivity contribution in [1.82, 2.24) is 14.7 Å². The number of amides is 1. The van der Waals surface area contributed by atoms with Gasteiger partial charge in [-0.2, -0.15) is 5.10 Å². The SMILES string of the molecule is C=C1CC(c2ccccc2-c2cnn(CC(=O)N3CCCC3)c2)OC1=O. The van der Waals surface area contributed by atoms with Crippen LogP contribution in [0.15, 0.2) is 48.8 Å². The van der Waals surface area contributed by atoms with Crippen molar-refractivity contribution in [1.29, 1.82) is 0 Å². The highest BCUT2D eigenvalue weighted by molar-refractivity contribution is 5.90. The van der Waals surface area contributed by atoms with Crippen molar-refractivity contribution >= 4 is 11.9 Å². The van der Waals surface area contributed by atoms with Crippen molar-refractivity contribution in [2.75, 3.05) is 13.1 Å². The smallest absolute Gasteiger partial charge is 0.334 e. The Morgan fingerprint density at radius 2 is 2.04 bits per heavy atom. The van der Waals surface area contributed by atoms with Crippen LogP contribution in [0.3, 0.4) is 0 Å². The fourth-order valence-electron chi connectivity index (χ4n) is 3.57. The molecule has 2 aromatic rings. The van der Waals surface area contributed by atoms with Crippen molar-refractivity contribution in [3.8, 4) is 11.1 Å². The Hall–Kier alpha value is -2.89. The van der Waals surface area contributed by atoms with Crippen molar-refractivity contribution in [3.63, 3.8) is 0 Å². The topological polar surface area (TPSA) is 64.4 Å². The molecule has 2 fully saturated rings. The van der Waals surface area contributed by atoms with Gasteiger partial charge in [0.15, 0.2) is 0 Å². The standard InChI is InChI=1S/C20H21N3O3/c1-14-10-18(26-20(14)25)17-7-3-2-6-16(17)15-11-21-23(12-15)13-19(24)22-8-4-5-9-22/h2-3,6-7,11-12,18H,1,4-5,8-10,13H2. The van der Waals surface area contributed by atoms with Crippen LogP contribution in [-0.4, -0.2) is 39.6 Å². The van der Waals surface area contributed by atoms with Gasteiger partial charge in [-0.05, 0) is 18.4 Å². The van der Waals surface area contributed by atoms with Crippen molar-refractivity contribution < 1.29 is 14.3 Å². The fourth-order valence-corrected chi connectivity index (χ4v) is 3.57. The number of rotatable bonds is 4. The molecule has 2 aliphatic heterocycles. The summed E-state index contributed by atoms with van der Waals surface area (Å²) in [5.41, 5.74) is 3.30. The number of carbonyl (C=O) groups is 2. The molecule has 3 heterocycles. The molecule has 0 radical (unpaired) electrons. The van der Waals surface area contributed by atoms with Gasteiger partial charge in [0.05, 0.1) is 6.20 Å². The predicted molar refractivity (Wildman–Crippen MR) is 96.1 cm³/mol. The average Bonchev–Trinajstić information content (AvgIpc) is 3.37. The molecule has 26 heavy (non-hydrogen) atoms. The van der Waals surface area contributed by atoms with E-state index in [-0.39, 0.29) is 24.5 Å². The summed E-state index contributed by atoms with van der Waals surface area (Å²) in [7, 11) is 0. The molecular formula is C20H21N3O3. The Balaban J connectivity index is 1.55. The number of carbonyl (C=O) groups excluding carboxylic acids is 2. The summed E-state index contributed by atoms with van der Waals surface area (Å²) in [4.78, 5) is 25.9. The first-order valence-corrected chi connectivity index (χ1v) is 8.90. The van der Waals surface area contributed by atoms with Crippen LogP contribution in [0.4, 0.5) is 0 Å². The minimum atomic E-state index is -0.336. The molecule has 0 saturated carbocycles. The number of benzene rings is 1. The molecule has 2 aliphatic rings. The van der Waals surface area contributed by atoms with Gasteiger partial charge in [0.1, 0.15) is 12.6 Å². The van der Waals surface area contributed by atoms with E-state index in [0.29, 0.717) is 12.0 Å². The summed E-state index contributed by atoms with van der Waals surface area (Å²) in [6.07, 6.45) is 5.96. The molecule has 1 aromatic carbocycles. The monoisotopic (exact) mass is 351 g/mol. The van der Waals surface area contributed by atoms with E-state index in [2.05, 4.69) is 11.7 Å². The highest BCUT2D eigenvalue weighted by Gasteiger charge is 2.30. The van der Waals surface area contributed by atoms with E-state index in [1.54, 1.807) is 10.9 Å².